The van der Waals surface area contributed by atoms with Gasteiger partial charge in [0.05, 0.1) is 12.2 Å². The Bertz CT molecular complexity index is 608. The molecule has 0 radical (unpaired) electrons. The standard InChI is InChI=1S/C21H30O6/c1-7-10-18(25-14(4)23)16-12-9-11-15(17(8-2)24-13(3)22)19-20(16)27-21(5,6)26-19/h7-9,11,15-20H,1-2,10,12H2,3-6H3/t15-,16+,17+,18+,19-,20+/m0/s1. The van der Waals surface area contributed by atoms with E-state index in [0.717, 1.165) is 0 Å². The van der Waals surface area contributed by atoms with E-state index in [9.17, 15) is 9.59 Å². The van der Waals surface area contributed by atoms with Crippen molar-refractivity contribution >= 4 is 11.9 Å². The Kier molecular flexibility index (Phi) is 7.00. The van der Waals surface area contributed by atoms with E-state index in [2.05, 4.69) is 13.2 Å². The third kappa shape index (κ3) is 5.30. The Hall–Kier alpha value is -1.92. The fraction of sp³-hybridized carbons (Fsp3) is 0.619. The minimum Gasteiger partial charge on any atom is -0.462 e. The molecule has 6 atom stereocenters. The second kappa shape index (κ2) is 8.85. The molecule has 0 aromatic rings. The lowest BCUT2D eigenvalue weighted by atomic mass is 9.84. The monoisotopic (exact) mass is 378 g/mol. The average Bonchev–Trinajstić information content (AvgIpc) is 2.77. The van der Waals surface area contributed by atoms with Gasteiger partial charge in [-0.3, -0.25) is 9.59 Å². The van der Waals surface area contributed by atoms with Crippen LogP contribution in [0.15, 0.2) is 37.5 Å². The molecule has 2 rings (SSSR count). The Labute approximate surface area is 161 Å². The Morgan fingerprint density at radius 3 is 2.37 bits per heavy atom. The van der Waals surface area contributed by atoms with Crippen molar-refractivity contribution in [3.05, 3.63) is 37.5 Å². The summed E-state index contributed by atoms with van der Waals surface area (Å²) in [5, 5.41) is 0. The molecule has 0 spiro atoms. The molecular weight excluding hydrogens is 348 g/mol. The highest BCUT2D eigenvalue weighted by Crippen LogP contribution is 2.43. The van der Waals surface area contributed by atoms with Crippen molar-refractivity contribution in [2.24, 2.45) is 11.8 Å². The van der Waals surface area contributed by atoms with E-state index in [1.54, 1.807) is 12.2 Å². The zero-order valence-corrected chi connectivity index (χ0v) is 16.6. The molecule has 0 aromatic carbocycles. The number of carbonyl (C=O) groups excluding carboxylic acids is 2. The average molecular weight is 378 g/mol. The van der Waals surface area contributed by atoms with Crippen LogP contribution in [0.4, 0.5) is 0 Å². The van der Waals surface area contributed by atoms with Gasteiger partial charge < -0.3 is 18.9 Å². The largest absolute Gasteiger partial charge is 0.462 e. The number of carbonyl (C=O) groups is 2. The van der Waals surface area contributed by atoms with Gasteiger partial charge in [0.1, 0.15) is 12.2 Å². The number of hydrogen-bond acceptors (Lipinski definition) is 6. The van der Waals surface area contributed by atoms with Crippen LogP contribution >= 0.6 is 0 Å². The van der Waals surface area contributed by atoms with E-state index in [-0.39, 0.29) is 42.1 Å². The summed E-state index contributed by atoms with van der Waals surface area (Å²) in [6, 6.07) is 0. The van der Waals surface area contributed by atoms with Crippen LogP contribution < -0.4 is 0 Å². The number of hydrogen-bond donors (Lipinski definition) is 0. The molecule has 150 valence electrons. The highest BCUT2D eigenvalue weighted by molar-refractivity contribution is 5.66. The molecule has 6 heteroatoms. The molecule has 0 unspecified atom stereocenters. The van der Waals surface area contributed by atoms with Gasteiger partial charge in [-0.2, -0.15) is 0 Å². The predicted molar refractivity (Wildman–Crippen MR) is 101 cm³/mol. The smallest absolute Gasteiger partial charge is 0.303 e. The van der Waals surface area contributed by atoms with E-state index in [1.807, 2.05) is 26.0 Å². The van der Waals surface area contributed by atoms with Gasteiger partial charge in [0.15, 0.2) is 5.79 Å². The van der Waals surface area contributed by atoms with Crippen LogP contribution in [0.1, 0.15) is 40.5 Å². The van der Waals surface area contributed by atoms with Crippen molar-refractivity contribution in [3.63, 3.8) is 0 Å². The summed E-state index contributed by atoms with van der Waals surface area (Å²) in [5.41, 5.74) is 0. The third-order valence-electron chi connectivity index (χ3n) is 4.84. The molecule has 2 aliphatic rings. The third-order valence-corrected chi connectivity index (χ3v) is 4.84. The highest BCUT2D eigenvalue weighted by Gasteiger charge is 2.52. The van der Waals surface area contributed by atoms with Gasteiger partial charge in [-0.15, -0.1) is 6.58 Å². The van der Waals surface area contributed by atoms with E-state index >= 15 is 0 Å². The summed E-state index contributed by atoms with van der Waals surface area (Å²) in [5.74, 6) is -1.88. The summed E-state index contributed by atoms with van der Waals surface area (Å²) in [7, 11) is 0. The molecule has 1 saturated heterocycles. The number of allylic oxidation sites excluding steroid dienone is 1. The van der Waals surface area contributed by atoms with Crippen LogP contribution in [0.2, 0.25) is 0 Å². The Morgan fingerprint density at radius 1 is 1.19 bits per heavy atom. The zero-order valence-electron chi connectivity index (χ0n) is 16.6. The Balaban J connectivity index is 2.36. The van der Waals surface area contributed by atoms with Crippen LogP contribution in [-0.2, 0) is 28.5 Å². The summed E-state index contributed by atoms with van der Waals surface area (Å²) >= 11 is 0. The van der Waals surface area contributed by atoms with Crippen molar-refractivity contribution in [3.8, 4) is 0 Å². The van der Waals surface area contributed by atoms with Crippen LogP contribution in [0.3, 0.4) is 0 Å². The predicted octanol–water partition coefficient (Wildman–Crippen LogP) is 3.32. The molecule has 0 bridgehead atoms. The second-order valence-corrected chi connectivity index (χ2v) is 7.45. The SMILES string of the molecule is C=CC[C@@H](OC(C)=O)[C@H]1CC=C[C@@H]([C@@H](C=C)OC(C)=O)[C@@H]2OC(C)(C)O[C@H]12. The molecular formula is C21H30O6. The lowest BCUT2D eigenvalue weighted by Crippen LogP contribution is -2.44. The number of fused-ring (bicyclic) bond motifs is 1. The highest BCUT2D eigenvalue weighted by atomic mass is 16.8. The molecule has 0 saturated carbocycles. The molecule has 0 N–H and O–H groups in total. The zero-order chi connectivity index (χ0) is 20.2. The number of rotatable bonds is 7. The quantitative estimate of drug-likeness (QED) is 0.500. The second-order valence-electron chi connectivity index (χ2n) is 7.45. The Morgan fingerprint density at radius 2 is 1.81 bits per heavy atom. The maximum atomic E-state index is 11.6. The molecule has 1 aliphatic carbocycles. The van der Waals surface area contributed by atoms with Crippen LogP contribution in [-0.4, -0.2) is 42.1 Å². The van der Waals surface area contributed by atoms with E-state index in [4.69, 9.17) is 18.9 Å². The molecule has 0 aromatic heterocycles. The first kappa shape index (κ1) is 21.4. The topological polar surface area (TPSA) is 71.1 Å². The van der Waals surface area contributed by atoms with Gasteiger partial charge >= 0.3 is 11.9 Å². The van der Waals surface area contributed by atoms with Gasteiger partial charge in [0, 0.05) is 32.1 Å². The van der Waals surface area contributed by atoms with Crippen molar-refractivity contribution in [1.29, 1.82) is 0 Å². The lowest BCUT2D eigenvalue weighted by molar-refractivity contribution is -0.164. The van der Waals surface area contributed by atoms with Gasteiger partial charge in [0.25, 0.3) is 0 Å². The maximum Gasteiger partial charge on any atom is 0.303 e. The van der Waals surface area contributed by atoms with Crippen molar-refractivity contribution in [2.75, 3.05) is 0 Å². The number of esters is 2. The van der Waals surface area contributed by atoms with Crippen LogP contribution in [0, 0.1) is 11.8 Å². The first-order valence-electron chi connectivity index (χ1n) is 9.28. The first-order valence-corrected chi connectivity index (χ1v) is 9.28. The summed E-state index contributed by atoms with van der Waals surface area (Å²) in [6.45, 7) is 14.0. The number of ether oxygens (including phenoxy) is 4. The van der Waals surface area contributed by atoms with Crippen LogP contribution in [0.25, 0.3) is 0 Å². The van der Waals surface area contributed by atoms with Gasteiger partial charge in [-0.05, 0) is 20.3 Å². The molecule has 1 aliphatic heterocycles. The van der Waals surface area contributed by atoms with Gasteiger partial charge in [-0.25, -0.2) is 0 Å². The maximum absolute atomic E-state index is 11.6. The molecule has 1 heterocycles. The fourth-order valence-corrected chi connectivity index (χ4v) is 3.91. The molecule has 0 amide bonds. The summed E-state index contributed by atoms with van der Waals surface area (Å²) in [6.07, 6.45) is 6.90. The van der Waals surface area contributed by atoms with Crippen molar-refractivity contribution in [1.82, 2.24) is 0 Å². The van der Waals surface area contributed by atoms with Gasteiger partial charge in [-0.1, -0.05) is 30.9 Å². The minimum atomic E-state index is -0.798. The van der Waals surface area contributed by atoms with Crippen molar-refractivity contribution < 1.29 is 28.5 Å². The lowest BCUT2D eigenvalue weighted by Gasteiger charge is -2.33. The molecule has 6 nitrogen and oxygen atoms in total. The summed E-state index contributed by atoms with van der Waals surface area (Å²) < 4.78 is 23.4. The van der Waals surface area contributed by atoms with E-state index < -0.39 is 11.9 Å². The van der Waals surface area contributed by atoms with E-state index in [0.29, 0.717) is 12.8 Å². The van der Waals surface area contributed by atoms with Crippen molar-refractivity contribution in [2.45, 2.75) is 70.7 Å². The van der Waals surface area contributed by atoms with Gasteiger partial charge in [0.2, 0.25) is 0 Å². The molecule has 27 heavy (non-hydrogen) atoms. The van der Waals surface area contributed by atoms with E-state index in [1.165, 1.54) is 13.8 Å². The first-order chi connectivity index (χ1) is 12.7. The normalized spacial score (nSPS) is 31.1. The summed E-state index contributed by atoms with van der Waals surface area (Å²) in [4.78, 5) is 23.1. The van der Waals surface area contributed by atoms with Crippen LogP contribution in [0.5, 0.6) is 0 Å². The molecule has 1 fully saturated rings. The minimum absolute atomic E-state index is 0.109. The fourth-order valence-electron chi connectivity index (χ4n) is 3.91.